The number of hydrogen-bond acceptors (Lipinski definition) is 4. The van der Waals surface area contributed by atoms with Crippen molar-refractivity contribution in [2.75, 3.05) is 0 Å². The van der Waals surface area contributed by atoms with Crippen molar-refractivity contribution in [2.45, 2.75) is 19.4 Å². The third-order valence-corrected chi connectivity index (χ3v) is 4.49. The maximum atomic E-state index is 13.0. The summed E-state index contributed by atoms with van der Waals surface area (Å²) in [5.41, 5.74) is 0. The highest BCUT2D eigenvalue weighted by Gasteiger charge is 2.34. The molecular formula is C16H18NO5P. The molecule has 2 aromatic rings. The van der Waals surface area contributed by atoms with Gasteiger partial charge in [-0.2, -0.15) is 5.09 Å². The van der Waals surface area contributed by atoms with Crippen LogP contribution in [0.1, 0.15) is 13.3 Å². The Balaban J connectivity index is 2.25. The molecule has 6 nitrogen and oxygen atoms in total. The second-order valence-corrected chi connectivity index (χ2v) is 6.35. The molecule has 0 amide bonds. The van der Waals surface area contributed by atoms with Gasteiger partial charge in [0.25, 0.3) is 0 Å². The van der Waals surface area contributed by atoms with E-state index in [4.69, 9.17) is 9.05 Å². The van der Waals surface area contributed by atoms with Gasteiger partial charge in [0.15, 0.2) is 0 Å². The van der Waals surface area contributed by atoms with Crippen LogP contribution < -0.4 is 14.1 Å². The Hall–Kier alpha value is -2.30. The molecule has 0 aromatic heterocycles. The number of hydrogen-bond donors (Lipinski definition) is 2. The summed E-state index contributed by atoms with van der Waals surface area (Å²) in [6.45, 7) is 1.67. The molecular weight excluding hydrogens is 317 g/mol. The molecule has 0 aliphatic rings. The Morgan fingerprint density at radius 2 is 1.48 bits per heavy atom. The lowest BCUT2D eigenvalue weighted by molar-refractivity contribution is -0.139. The van der Waals surface area contributed by atoms with Crippen LogP contribution in [0.4, 0.5) is 0 Å². The molecule has 0 radical (unpaired) electrons. The van der Waals surface area contributed by atoms with E-state index in [1.807, 2.05) is 0 Å². The van der Waals surface area contributed by atoms with Crippen LogP contribution in [0.5, 0.6) is 11.5 Å². The van der Waals surface area contributed by atoms with Crippen molar-refractivity contribution in [1.82, 2.24) is 5.09 Å². The van der Waals surface area contributed by atoms with Crippen molar-refractivity contribution in [2.24, 2.45) is 0 Å². The van der Waals surface area contributed by atoms with Crippen molar-refractivity contribution < 1.29 is 23.5 Å². The zero-order valence-electron chi connectivity index (χ0n) is 12.6. The van der Waals surface area contributed by atoms with Crippen LogP contribution in [0, 0.1) is 0 Å². The number of benzene rings is 2. The largest absolute Gasteiger partial charge is 0.513 e. The van der Waals surface area contributed by atoms with Crippen LogP contribution in [0.25, 0.3) is 0 Å². The van der Waals surface area contributed by atoms with Crippen molar-refractivity contribution in [3.8, 4) is 11.5 Å². The van der Waals surface area contributed by atoms with Gasteiger partial charge in [0, 0.05) is 0 Å². The van der Waals surface area contributed by atoms with Crippen LogP contribution in [0.3, 0.4) is 0 Å². The van der Waals surface area contributed by atoms with E-state index in [0.29, 0.717) is 11.5 Å². The molecule has 0 spiro atoms. The Bertz CT molecular complexity index is 632. The Morgan fingerprint density at radius 1 is 1.04 bits per heavy atom. The number of para-hydroxylation sites is 2. The molecule has 0 saturated carbocycles. The minimum atomic E-state index is -3.92. The Kier molecular flexibility index (Phi) is 5.79. The molecule has 0 bridgehead atoms. The lowest BCUT2D eigenvalue weighted by Gasteiger charge is -2.23. The number of aliphatic carboxylic acids is 1. The third kappa shape index (κ3) is 5.13. The highest BCUT2D eigenvalue weighted by Crippen LogP contribution is 2.45. The van der Waals surface area contributed by atoms with Gasteiger partial charge in [0.05, 0.1) is 0 Å². The second kappa shape index (κ2) is 7.81. The molecule has 2 N–H and O–H groups in total. The van der Waals surface area contributed by atoms with E-state index in [1.54, 1.807) is 67.6 Å². The van der Waals surface area contributed by atoms with Crippen LogP contribution in [0.2, 0.25) is 0 Å². The topological polar surface area (TPSA) is 84.9 Å². The fraction of sp³-hybridized carbons (Fsp3) is 0.188. The van der Waals surface area contributed by atoms with E-state index in [-0.39, 0.29) is 6.42 Å². The summed E-state index contributed by atoms with van der Waals surface area (Å²) in [7, 11) is -3.92. The molecule has 0 aliphatic heterocycles. The molecule has 1 unspecified atom stereocenters. The minimum Gasteiger partial charge on any atom is -0.480 e. The van der Waals surface area contributed by atoms with Gasteiger partial charge in [-0.1, -0.05) is 43.3 Å². The van der Waals surface area contributed by atoms with Gasteiger partial charge in [0.2, 0.25) is 0 Å². The summed E-state index contributed by atoms with van der Waals surface area (Å²) >= 11 is 0. The van der Waals surface area contributed by atoms with Crippen LogP contribution in [-0.2, 0) is 9.36 Å². The van der Waals surface area contributed by atoms with Crippen LogP contribution >= 0.6 is 7.75 Å². The number of nitrogens with one attached hydrogen (secondary N) is 1. The predicted octanol–water partition coefficient (Wildman–Crippen LogP) is 3.71. The predicted molar refractivity (Wildman–Crippen MR) is 86.6 cm³/mol. The van der Waals surface area contributed by atoms with E-state index in [1.165, 1.54) is 0 Å². The van der Waals surface area contributed by atoms with Crippen LogP contribution in [-0.4, -0.2) is 17.1 Å². The maximum Gasteiger partial charge on any atom is 0.513 e. The Morgan fingerprint density at radius 3 is 1.83 bits per heavy atom. The summed E-state index contributed by atoms with van der Waals surface area (Å²) in [5, 5.41) is 11.7. The molecule has 23 heavy (non-hydrogen) atoms. The standard InChI is InChI=1S/C16H18NO5P/c1-2-15(16(18)19)17-23(20,21-13-9-5-3-6-10-13)22-14-11-7-4-8-12-14/h3-12,15H,2H2,1H3,(H,17,20)(H,18,19). The number of carboxylic acid groups (broad SMARTS) is 1. The Labute approximate surface area is 134 Å². The highest BCUT2D eigenvalue weighted by molar-refractivity contribution is 7.52. The minimum absolute atomic E-state index is 0.232. The fourth-order valence-electron chi connectivity index (χ4n) is 1.82. The molecule has 0 fully saturated rings. The molecule has 2 aromatic carbocycles. The molecule has 0 saturated heterocycles. The number of carbonyl (C=O) groups is 1. The monoisotopic (exact) mass is 335 g/mol. The zero-order valence-corrected chi connectivity index (χ0v) is 13.5. The summed E-state index contributed by atoms with van der Waals surface area (Å²) in [6, 6.07) is 15.9. The van der Waals surface area contributed by atoms with Gasteiger partial charge in [0.1, 0.15) is 17.5 Å². The first kappa shape index (κ1) is 17.1. The molecule has 2 rings (SSSR count). The summed E-state index contributed by atoms with van der Waals surface area (Å²) < 4.78 is 23.9. The summed E-state index contributed by atoms with van der Waals surface area (Å²) in [4.78, 5) is 11.2. The lowest BCUT2D eigenvalue weighted by atomic mass is 10.2. The molecule has 7 heteroatoms. The van der Waals surface area contributed by atoms with Crippen LogP contribution in [0.15, 0.2) is 60.7 Å². The first-order valence-corrected chi connectivity index (χ1v) is 8.66. The van der Waals surface area contributed by atoms with Gasteiger partial charge in [-0.15, -0.1) is 0 Å². The van der Waals surface area contributed by atoms with E-state index < -0.39 is 19.8 Å². The first-order chi connectivity index (χ1) is 11.0. The first-order valence-electron chi connectivity index (χ1n) is 7.12. The number of carboxylic acids is 1. The van der Waals surface area contributed by atoms with Crippen molar-refractivity contribution in [3.05, 3.63) is 60.7 Å². The average Bonchev–Trinajstić information content (AvgIpc) is 2.54. The zero-order chi connectivity index (χ0) is 16.7. The van der Waals surface area contributed by atoms with Crippen molar-refractivity contribution in [3.63, 3.8) is 0 Å². The molecule has 1 atom stereocenters. The van der Waals surface area contributed by atoms with E-state index in [2.05, 4.69) is 5.09 Å². The SMILES string of the molecule is CCC(NP(=O)(Oc1ccccc1)Oc1ccccc1)C(=O)O. The van der Waals surface area contributed by atoms with Gasteiger partial charge < -0.3 is 14.2 Å². The third-order valence-electron chi connectivity index (χ3n) is 2.96. The van der Waals surface area contributed by atoms with Gasteiger partial charge in [-0.25, -0.2) is 4.57 Å². The van der Waals surface area contributed by atoms with E-state index in [9.17, 15) is 14.5 Å². The van der Waals surface area contributed by atoms with Gasteiger partial charge >= 0.3 is 13.7 Å². The summed E-state index contributed by atoms with van der Waals surface area (Å²) in [6.07, 6.45) is 0.232. The molecule has 0 aliphatic carbocycles. The van der Waals surface area contributed by atoms with E-state index in [0.717, 1.165) is 0 Å². The smallest absolute Gasteiger partial charge is 0.480 e. The highest BCUT2D eigenvalue weighted by atomic mass is 31.2. The molecule has 122 valence electrons. The number of rotatable bonds is 8. The van der Waals surface area contributed by atoms with Gasteiger partial charge in [-0.05, 0) is 30.7 Å². The normalized spacial score (nSPS) is 12.4. The van der Waals surface area contributed by atoms with Crippen molar-refractivity contribution >= 4 is 13.7 Å². The lowest BCUT2D eigenvalue weighted by Crippen LogP contribution is -2.36. The second-order valence-electron chi connectivity index (χ2n) is 4.73. The van der Waals surface area contributed by atoms with Gasteiger partial charge in [-0.3, -0.25) is 4.79 Å². The summed E-state index contributed by atoms with van der Waals surface area (Å²) in [5.74, 6) is -0.486. The maximum absolute atomic E-state index is 13.0. The fourth-order valence-corrected chi connectivity index (χ4v) is 3.44. The molecule has 0 heterocycles. The van der Waals surface area contributed by atoms with Crippen molar-refractivity contribution in [1.29, 1.82) is 0 Å². The van der Waals surface area contributed by atoms with E-state index >= 15 is 0 Å². The average molecular weight is 335 g/mol. The quantitative estimate of drug-likeness (QED) is 0.716.